The van der Waals surface area contributed by atoms with Crippen molar-refractivity contribution in [1.29, 1.82) is 0 Å². The molecule has 3 aromatic carbocycles. The average Bonchev–Trinajstić information content (AvgIpc) is 3.02. The minimum atomic E-state index is -0.246. The van der Waals surface area contributed by atoms with Gasteiger partial charge in [-0.15, -0.1) is 0 Å². The molecule has 4 aromatic rings. The Labute approximate surface area is 164 Å². The molecule has 2 N–H and O–H groups in total. The summed E-state index contributed by atoms with van der Waals surface area (Å²) in [6, 6.07) is 16.4. The highest BCUT2D eigenvalue weighted by Crippen LogP contribution is 2.30. The van der Waals surface area contributed by atoms with Crippen LogP contribution in [0.25, 0.3) is 21.0 Å². The van der Waals surface area contributed by atoms with E-state index in [0.717, 1.165) is 21.0 Å². The molecule has 0 fully saturated rings. The third-order valence-electron chi connectivity index (χ3n) is 4.04. The van der Waals surface area contributed by atoms with E-state index in [4.69, 9.17) is 11.6 Å². The molecule has 0 aliphatic carbocycles. The van der Waals surface area contributed by atoms with Crippen LogP contribution >= 0.6 is 22.9 Å². The molecule has 27 heavy (non-hydrogen) atoms. The number of anilines is 2. The Kier molecular flexibility index (Phi) is 4.51. The lowest BCUT2D eigenvalue weighted by Crippen LogP contribution is -2.12. The van der Waals surface area contributed by atoms with Gasteiger partial charge in [-0.05, 0) is 35.7 Å². The van der Waals surface area contributed by atoms with Crippen molar-refractivity contribution in [3.63, 3.8) is 0 Å². The molecule has 5 nitrogen and oxygen atoms in total. The Hall–Kier alpha value is -2.96. The summed E-state index contributed by atoms with van der Waals surface area (Å²) in [6.45, 7) is 1.46. The summed E-state index contributed by atoms with van der Waals surface area (Å²) >= 11 is 7.58. The highest BCUT2D eigenvalue weighted by atomic mass is 35.5. The molecule has 7 heteroatoms. The predicted molar refractivity (Wildman–Crippen MR) is 111 cm³/mol. The zero-order valence-electron chi connectivity index (χ0n) is 14.2. The maximum absolute atomic E-state index is 12.8. The van der Waals surface area contributed by atoms with Gasteiger partial charge in [0.25, 0.3) is 5.91 Å². The van der Waals surface area contributed by atoms with E-state index < -0.39 is 0 Å². The first-order valence-electron chi connectivity index (χ1n) is 8.18. The number of benzene rings is 3. The van der Waals surface area contributed by atoms with Crippen molar-refractivity contribution in [2.75, 3.05) is 10.6 Å². The van der Waals surface area contributed by atoms with Gasteiger partial charge in [0, 0.05) is 28.6 Å². The molecule has 2 amide bonds. The molecule has 0 saturated carbocycles. The molecule has 0 aliphatic rings. The monoisotopic (exact) mass is 395 g/mol. The average molecular weight is 396 g/mol. The minimum Gasteiger partial charge on any atom is -0.326 e. The number of carbonyl (C=O) groups excluding carboxylic acids is 2. The fourth-order valence-corrected chi connectivity index (χ4v) is 4.03. The molecule has 0 spiro atoms. The molecular formula is C20H14ClN3O2S. The molecule has 1 aromatic heterocycles. The second-order valence-electron chi connectivity index (χ2n) is 5.98. The van der Waals surface area contributed by atoms with E-state index in [-0.39, 0.29) is 11.8 Å². The van der Waals surface area contributed by atoms with E-state index in [1.165, 1.54) is 18.3 Å². The first kappa shape index (κ1) is 17.5. The number of hydrogen-bond acceptors (Lipinski definition) is 4. The molecule has 1 heterocycles. The van der Waals surface area contributed by atoms with Gasteiger partial charge in [0.1, 0.15) is 0 Å². The first-order valence-corrected chi connectivity index (χ1v) is 9.37. The Morgan fingerprint density at radius 3 is 2.59 bits per heavy atom. The fraction of sp³-hybridized carbons (Fsp3) is 0.0500. The lowest BCUT2D eigenvalue weighted by Gasteiger charge is -2.07. The van der Waals surface area contributed by atoms with Crippen molar-refractivity contribution in [2.45, 2.75) is 6.92 Å². The maximum atomic E-state index is 12.8. The molecular weight excluding hydrogens is 382 g/mol. The Morgan fingerprint density at radius 2 is 1.78 bits per heavy atom. The molecule has 134 valence electrons. The third kappa shape index (κ3) is 3.49. The summed E-state index contributed by atoms with van der Waals surface area (Å²) in [5.74, 6) is -0.383. The van der Waals surface area contributed by atoms with Gasteiger partial charge in [0.15, 0.2) is 5.13 Å². The van der Waals surface area contributed by atoms with Crippen LogP contribution in [0.3, 0.4) is 0 Å². The number of amides is 2. The summed E-state index contributed by atoms with van der Waals surface area (Å²) in [5.41, 5.74) is 1.98. The van der Waals surface area contributed by atoms with Gasteiger partial charge in [-0.3, -0.25) is 14.9 Å². The summed E-state index contributed by atoms with van der Waals surface area (Å²) in [7, 11) is 0. The quantitative estimate of drug-likeness (QED) is 0.493. The van der Waals surface area contributed by atoms with Gasteiger partial charge in [0.2, 0.25) is 5.91 Å². The van der Waals surface area contributed by atoms with Crippen LogP contribution in [0, 0.1) is 0 Å². The Balaban J connectivity index is 1.65. The number of aromatic nitrogens is 1. The van der Waals surface area contributed by atoms with Crippen LogP contribution < -0.4 is 10.6 Å². The van der Waals surface area contributed by atoms with Crippen LogP contribution in [-0.2, 0) is 4.79 Å². The van der Waals surface area contributed by atoms with Crippen molar-refractivity contribution >= 4 is 66.6 Å². The number of fused-ring (bicyclic) bond motifs is 2. The van der Waals surface area contributed by atoms with Crippen molar-refractivity contribution in [3.05, 3.63) is 65.2 Å². The normalized spacial score (nSPS) is 10.9. The van der Waals surface area contributed by atoms with Crippen molar-refractivity contribution < 1.29 is 9.59 Å². The van der Waals surface area contributed by atoms with Gasteiger partial charge in [-0.2, -0.15) is 0 Å². The van der Waals surface area contributed by atoms with Crippen LogP contribution in [-0.4, -0.2) is 16.8 Å². The Morgan fingerprint density at radius 1 is 1.00 bits per heavy atom. The van der Waals surface area contributed by atoms with Crippen LogP contribution in [0.5, 0.6) is 0 Å². The zero-order valence-corrected chi connectivity index (χ0v) is 15.8. The van der Waals surface area contributed by atoms with Crippen molar-refractivity contribution in [1.82, 2.24) is 4.98 Å². The van der Waals surface area contributed by atoms with Crippen molar-refractivity contribution in [2.24, 2.45) is 0 Å². The van der Waals surface area contributed by atoms with Gasteiger partial charge < -0.3 is 5.32 Å². The SMILES string of the molecule is CC(=O)Nc1ccc2nc(NC(=O)c3cccc4c(Cl)cccc34)sc2c1. The predicted octanol–water partition coefficient (Wildman–Crippen LogP) is 5.31. The second-order valence-corrected chi connectivity index (χ2v) is 7.42. The van der Waals surface area contributed by atoms with Crippen LogP contribution in [0.1, 0.15) is 17.3 Å². The number of thiazole rings is 1. The molecule has 4 rings (SSSR count). The summed E-state index contributed by atoms with van der Waals surface area (Å²) in [5, 5.41) is 8.31. The summed E-state index contributed by atoms with van der Waals surface area (Å²) < 4.78 is 0.873. The number of nitrogens with zero attached hydrogens (tertiary/aromatic N) is 1. The van der Waals surface area contributed by atoms with E-state index in [9.17, 15) is 9.59 Å². The largest absolute Gasteiger partial charge is 0.326 e. The molecule has 0 unspecified atom stereocenters. The minimum absolute atomic E-state index is 0.137. The van der Waals surface area contributed by atoms with Crippen LogP contribution in [0.2, 0.25) is 5.02 Å². The summed E-state index contributed by atoms with van der Waals surface area (Å²) in [4.78, 5) is 28.4. The topological polar surface area (TPSA) is 71.1 Å². The molecule has 0 aliphatic heterocycles. The highest BCUT2D eigenvalue weighted by molar-refractivity contribution is 7.22. The van der Waals surface area contributed by atoms with Crippen LogP contribution in [0.4, 0.5) is 10.8 Å². The Bertz CT molecular complexity index is 1200. The number of hydrogen-bond donors (Lipinski definition) is 2. The fourth-order valence-electron chi connectivity index (χ4n) is 2.89. The highest BCUT2D eigenvalue weighted by Gasteiger charge is 2.14. The lowest BCUT2D eigenvalue weighted by atomic mass is 10.0. The molecule has 0 radical (unpaired) electrons. The summed E-state index contributed by atoms with van der Waals surface area (Å²) in [6.07, 6.45) is 0. The second kappa shape index (κ2) is 6.98. The van der Waals surface area contributed by atoms with Gasteiger partial charge in [-0.25, -0.2) is 4.98 Å². The first-order chi connectivity index (χ1) is 13.0. The van der Waals surface area contributed by atoms with Crippen LogP contribution in [0.15, 0.2) is 54.6 Å². The van der Waals surface area contributed by atoms with E-state index in [1.807, 2.05) is 30.3 Å². The van der Waals surface area contributed by atoms with Gasteiger partial charge in [0.05, 0.1) is 10.2 Å². The number of halogens is 1. The van der Waals surface area contributed by atoms with E-state index in [1.54, 1.807) is 24.3 Å². The third-order valence-corrected chi connectivity index (χ3v) is 5.31. The van der Waals surface area contributed by atoms with E-state index >= 15 is 0 Å². The number of nitrogens with one attached hydrogen (secondary N) is 2. The van der Waals surface area contributed by atoms with Crippen molar-refractivity contribution in [3.8, 4) is 0 Å². The molecule has 0 atom stereocenters. The van der Waals surface area contributed by atoms with E-state index in [0.29, 0.717) is 21.4 Å². The standard InChI is InChI=1S/C20H14ClN3O2S/c1-11(25)22-12-8-9-17-18(10-12)27-20(23-17)24-19(26)15-6-2-5-14-13(15)4-3-7-16(14)21/h2-10H,1H3,(H,22,25)(H,23,24,26). The van der Waals surface area contributed by atoms with Gasteiger partial charge >= 0.3 is 0 Å². The van der Waals surface area contributed by atoms with E-state index in [2.05, 4.69) is 15.6 Å². The molecule has 0 bridgehead atoms. The molecule has 0 saturated heterocycles. The van der Waals surface area contributed by atoms with Gasteiger partial charge in [-0.1, -0.05) is 47.2 Å². The number of rotatable bonds is 3. The smallest absolute Gasteiger partial charge is 0.258 e. The lowest BCUT2D eigenvalue weighted by molar-refractivity contribution is -0.114. The number of carbonyl (C=O) groups is 2. The maximum Gasteiger partial charge on any atom is 0.258 e. The zero-order chi connectivity index (χ0) is 19.0.